The summed E-state index contributed by atoms with van der Waals surface area (Å²) >= 11 is 0. The number of aromatic nitrogens is 5. The van der Waals surface area contributed by atoms with Crippen LogP contribution < -0.4 is 0 Å². The number of nitrogens with zero attached hydrogens (tertiary/aromatic N) is 7. The van der Waals surface area contributed by atoms with Crippen LogP contribution >= 0.6 is 0 Å². The zero-order valence-corrected chi connectivity index (χ0v) is 20.4. The first kappa shape index (κ1) is 22.6. The van der Waals surface area contributed by atoms with Crippen molar-refractivity contribution in [1.29, 1.82) is 0 Å². The van der Waals surface area contributed by atoms with E-state index in [1.807, 2.05) is 9.80 Å². The van der Waals surface area contributed by atoms with Crippen molar-refractivity contribution in [1.82, 2.24) is 39.7 Å². The number of aryl methyl sites for hydroxylation is 1. The fourth-order valence-electron chi connectivity index (χ4n) is 6.87. The van der Waals surface area contributed by atoms with E-state index in [4.69, 9.17) is 4.98 Å². The Bertz CT molecular complexity index is 1170. The van der Waals surface area contributed by atoms with E-state index in [0.717, 1.165) is 74.0 Å². The molecule has 5 fully saturated rings. The van der Waals surface area contributed by atoms with Gasteiger partial charge in [-0.2, -0.15) is 23.4 Å². The Labute approximate surface area is 207 Å². The maximum atomic E-state index is 12.9. The standard InChI is InChI=1S/C24H31F3N8O/c1-15-18(7-35(31-15)14-24(25,26)27)6-32-8-23(9-32)12-34(13-23)21(36)33-10-22(11-33)4-17(5-22)20-28-19(29-30-20)16-2-3-16/h7,16-17H,2-6,8-14H2,1H3,(H,28,29,30). The molecule has 0 unspecified atom stereocenters. The lowest BCUT2D eigenvalue weighted by molar-refractivity contribution is -0.142. The van der Waals surface area contributed by atoms with Gasteiger partial charge in [0, 0.05) is 80.2 Å². The third-order valence-electron chi connectivity index (χ3n) is 8.76. The Morgan fingerprint density at radius 3 is 2.36 bits per heavy atom. The molecule has 12 heteroatoms. The maximum absolute atomic E-state index is 12.9. The highest BCUT2D eigenvalue weighted by Crippen LogP contribution is 2.56. The number of aromatic amines is 1. The second-order valence-electron chi connectivity index (χ2n) is 12.2. The molecule has 0 radical (unpaired) electrons. The molecule has 5 aliphatic rings. The minimum absolute atomic E-state index is 0.139. The zero-order valence-electron chi connectivity index (χ0n) is 20.4. The first-order valence-electron chi connectivity index (χ1n) is 12.9. The molecule has 0 bridgehead atoms. The van der Waals surface area contributed by atoms with E-state index in [1.54, 1.807) is 6.92 Å². The van der Waals surface area contributed by atoms with Crippen LogP contribution in [0.4, 0.5) is 18.0 Å². The van der Waals surface area contributed by atoms with Crippen LogP contribution in [0.15, 0.2) is 6.20 Å². The molecular weight excluding hydrogens is 473 g/mol. The minimum Gasteiger partial charge on any atom is -0.323 e. The fraction of sp³-hybridized carbons (Fsp3) is 0.750. The van der Waals surface area contributed by atoms with Crippen LogP contribution in [0.3, 0.4) is 0 Å². The Morgan fingerprint density at radius 1 is 1.06 bits per heavy atom. The van der Waals surface area contributed by atoms with Crippen LogP contribution in [0.1, 0.15) is 60.4 Å². The quantitative estimate of drug-likeness (QED) is 0.677. The van der Waals surface area contributed by atoms with Crippen LogP contribution in [-0.4, -0.2) is 91.1 Å². The minimum atomic E-state index is -4.27. The summed E-state index contributed by atoms with van der Waals surface area (Å²) in [6, 6.07) is 0.145. The van der Waals surface area contributed by atoms with Crippen molar-refractivity contribution in [2.45, 2.75) is 63.7 Å². The molecule has 2 aliphatic carbocycles. The Balaban J connectivity index is 0.843. The van der Waals surface area contributed by atoms with Gasteiger partial charge in [-0.25, -0.2) is 9.78 Å². The Morgan fingerprint density at radius 2 is 1.72 bits per heavy atom. The van der Waals surface area contributed by atoms with Gasteiger partial charge >= 0.3 is 12.2 Å². The number of alkyl halides is 3. The summed E-state index contributed by atoms with van der Waals surface area (Å²) in [5, 5.41) is 11.5. The van der Waals surface area contributed by atoms with E-state index in [9.17, 15) is 18.0 Å². The first-order chi connectivity index (χ1) is 17.1. The molecule has 5 heterocycles. The molecule has 36 heavy (non-hydrogen) atoms. The van der Waals surface area contributed by atoms with E-state index in [1.165, 1.54) is 19.0 Å². The average Bonchev–Trinajstić information content (AvgIpc) is 3.32. The third-order valence-corrected chi connectivity index (χ3v) is 8.76. The Kier molecular flexibility index (Phi) is 4.67. The highest BCUT2D eigenvalue weighted by atomic mass is 19.4. The van der Waals surface area contributed by atoms with Crippen molar-refractivity contribution < 1.29 is 18.0 Å². The van der Waals surface area contributed by atoms with E-state index in [-0.39, 0.29) is 16.9 Å². The molecule has 2 aromatic rings. The van der Waals surface area contributed by atoms with Crippen LogP contribution in [0.5, 0.6) is 0 Å². The van der Waals surface area contributed by atoms with Crippen molar-refractivity contribution in [3.63, 3.8) is 0 Å². The number of amides is 2. The molecule has 2 saturated carbocycles. The van der Waals surface area contributed by atoms with Gasteiger partial charge in [0.05, 0.1) is 5.69 Å². The predicted octanol–water partition coefficient (Wildman–Crippen LogP) is 2.87. The van der Waals surface area contributed by atoms with Gasteiger partial charge in [-0.15, -0.1) is 0 Å². The van der Waals surface area contributed by atoms with Crippen molar-refractivity contribution in [2.24, 2.45) is 10.8 Å². The monoisotopic (exact) mass is 504 g/mol. The van der Waals surface area contributed by atoms with Gasteiger partial charge in [0.15, 0.2) is 5.82 Å². The molecule has 3 saturated heterocycles. The molecular formula is C24H31F3N8O. The van der Waals surface area contributed by atoms with Gasteiger partial charge in [0.2, 0.25) is 0 Å². The SMILES string of the molecule is Cc1nn(CC(F)(F)F)cc1CN1CC2(C1)CN(C(=O)N1CC3(CC(c4n[nH]c(C5CC5)n4)C3)C1)C2. The molecule has 2 amide bonds. The largest absolute Gasteiger partial charge is 0.408 e. The van der Waals surface area contributed by atoms with Crippen molar-refractivity contribution >= 4 is 6.03 Å². The summed E-state index contributed by atoms with van der Waals surface area (Å²) < 4.78 is 38.9. The predicted molar refractivity (Wildman–Crippen MR) is 122 cm³/mol. The molecule has 1 N–H and O–H groups in total. The zero-order chi connectivity index (χ0) is 24.9. The summed E-state index contributed by atoms with van der Waals surface area (Å²) in [6.45, 7) is 6.22. The number of hydrogen-bond donors (Lipinski definition) is 1. The molecule has 0 atom stereocenters. The molecule has 9 nitrogen and oxygen atoms in total. The van der Waals surface area contributed by atoms with Gasteiger partial charge in [-0.3, -0.25) is 14.7 Å². The number of urea groups is 1. The molecule has 3 aliphatic heterocycles. The van der Waals surface area contributed by atoms with Crippen molar-refractivity contribution in [3.8, 4) is 0 Å². The van der Waals surface area contributed by atoms with Gasteiger partial charge in [-0.05, 0) is 32.6 Å². The lowest BCUT2D eigenvalue weighted by Gasteiger charge is -2.63. The number of carbonyl (C=O) groups is 1. The van der Waals surface area contributed by atoms with E-state index in [0.29, 0.717) is 24.1 Å². The number of carbonyl (C=O) groups excluding carboxylic acids is 1. The average molecular weight is 505 g/mol. The normalized spacial score (nSPS) is 25.0. The smallest absolute Gasteiger partial charge is 0.323 e. The summed E-state index contributed by atoms with van der Waals surface area (Å²) in [5.74, 6) is 3.01. The molecule has 0 aromatic carbocycles. The summed E-state index contributed by atoms with van der Waals surface area (Å²) in [4.78, 5) is 23.8. The lowest BCUT2D eigenvalue weighted by Crippen LogP contribution is -2.75. The van der Waals surface area contributed by atoms with Gasteiger partial charge in [0.25, 0.3) is 0 Å². The van der Waals surface area contributed by atoms with Crippen LogP contribution in [0, 0.1) is 17.8 Å². The molecule has 194 valence electrons. The van der Waals surface area contributed by atoms with Crippen LogP contribution in [-0.2, 0) is 13.1 Å². The Hall–Kier alpha value is -2.63. The maximum Gasteiger partial charge on any atom is 0.408 e. The van der Waals surface area contributed by atoms with Crippen molar-refractivity contribution in [2.75, 3.05) is 39.3 Å². The van der Waals surface area contributed by atoms with Crippen molar-refractivity contribution in [3.05, 3.63) is 29.1 Å². The van der Waals surface area contributed by atoms with Crippen LogP contribution in [0.2, 0.25) is 0 Å². The fourth-order valence-corrected chi connectivity index (χ4v) is 6.87. The number of H-pyrrole nitrogens is 1. The highest BCUT2D eigenvalue weighted by Gasteiger charge is 2.58. The number of hydrogen-bond acceptors (Lipinski definition) is 5. The second kappa shape index (κ2) is 7.45. The second-order valence-corrected chi connectivity index (χ2v) is 12.2. The summed E-state index contributed by atoms with van der Waals surface area (Å²) in [5.41, 5.74) is 1.87. The van der Waals surface area contributed by atoms with E-state index < -0.39 is 12.7 Å². The van der Waals surface area contributed by atoms with Gasteiger partial charge in [0.1, 0.15) is 12.4 Å². The lowest BCUT2D eigenvalue weighted by atomic mass is 9.57. The number of likely N-dealkylation sites (tertiary alicyclic amines) is 3. The molecule has 7 rings (SSSR count). The number of rotatable bonds is 5. The van der Waals surface area contributed by atoms with E-state index >= 15 is 0 Å². The number of nitrogens with one attached hydrogen (secondary N) is 1. The topological polar surface area (TPSA) is 86.2 Å². The third kappa shape index (κ3) is 3.88. The van der Waals surface area contributed by atoms with Crippen LogP contribution in [0.25, 0.3) is 0 Å². The first-order valence-corrected chi connectivity index (χ1v) is 12.9. The molecule has 2 spiro atoms. The summed E-state index contributed by atoms with van der Waals surface area (Å²) in [7, 11) is 0. The summed E-state index contributed by atoms with van der Waals surface area (Å²) in [6.07, 6.45) is 1.79. The van der Waals surface area contributed by atoms with E-state index in [2.05, 4.69) is 20.2 Å². The molecule has 2 aromatic heterocycles. The number of halogens is 3. The van der Waals surface area contributed by atoms with Gasteiger partial charge in [-0.1, -0.05) is 0 Å². The van der Waals surface area contributed by atoms with Gasteiger partial charge < -0.3 is 9.80 Å². The highest BCUT2D eigenvalue weighted by molar-refractivity contribution is 5.77.